The van der Waals surface area contributed by atoms with Crippen LogP contribution in [0.2, 0.25) is 0 Å². The van der Waals surface area contributed by atoms with Gasteiger partial charge in [0.15, 0.2) is 5.17 Å². The van der Waals surface area contributed by atoms with Crippen molar-refractivity contribution in [3.8, 4) is 5.75 Å². The molecule has 154 valence electrons. The highest BCUT2D eigenvalue weighted by molar-refractivity contribution is 8.18. The van der Waals surface area contributed by atoms with Gasteiger partial charge >= 0.3 is 0 Å². The number of carbonyl (C=O) groups excluding carboxylic acids is 1. The first-order valence-electron chi connectivity index (χ1n) is 10.3. The highest BCUT2D eigenvalue weighted by atomic mass is 32.2. The van der Waals surface area contributed by atoms with Crippen LogP contribution >= 0.6 is 11.8 Å². The molecule has 1 aliphatic heterocycles. The Balaban J connectivity index is 1.48. The third-order valence-corrected chi connectivity index (χ3v) is 7.87. The van der Waals surface area contributed by atoms with Crippen molar-refractivity contribution in [3.63, 3.8) is 0 Å². The predicted molar refractivity (Wildman–Crippen MR) is 120 cm³/mol. The Morgan fingerprint density at radius 3 is 2.52 bits per heavy atom. The first-order chi connectivity index (χ1) is 13.7. The van der Waals surface area contributed by atoms with Gasteiger partial charge in [0.2, 0.25) is 0 Å². The van der Waals surface area contributed by atoms with Crippen LogP contribution in [0.4, 0.5) is 0 Å². The lowest BCUT2D eigenvalue weighted by Gasteiger charge is -2.34. The molecular formula is C23H29N3O2S. The average Bonchev–Trinajstić information content (AvgIpc) is 3.18. The molecule has 1 aromatic carbocycles. The molecule has 1 aromatic rings. The van der Waals surface area contributed by atoms with Crippen LogP contribution in [0.15, 0.2) is 39.4 Å². The molecule has 1 saturated heterocycles. The van der Waals surface area contributed by atoms with Crippen LogP contribution in [0, 0.1) is 16.7 Å². The Hall–Kier alpha value is -2.08. The summed E-state index contributed by atoms with van der Waals surface area (Å²) < 4.78 is 5.66. The first-order valence-corrected chi connectivity index (χ1v) is 11.1. The van der Waals surface area contributed by atoms with Crippen LogP contribution in [-0.2, 0) is 4.79 Å². The highest BCUT2D eigenvalue weighted by Crippen LogP contribution is 2.64. The van der Waals surface area contributed by atoms with Gasteiger partial charge in [-0.15, -0.1) is 5.10 Å². The summed E-state index contributed by atoms with van der Waals surface area (Å²) in [5.41, 5.74) is 2.52. The van der Waals surface area contributed by atoms with Crippen molar-refractivity contribution < 1.29 is 9.53 Å². The molecule has 0 radical (unpaired) electrons. The third kappa shape index (κ3) is 3.63. The summed E-state index contributed by atoms with van der Waals surface area (Å²) in [6, 6.07) is 7.74. The van der Waals surface area contributed by atoms with Gasteiger partial charge in [-0.05, 0) is 80.0 Å². The van der Waals surface area contributed by atoms with Crippen molar-refractivity contribution in [2.45, 2.75) is 60.0 Å². The summed E-state index contributed by atoms with van der Waals surface area (Å²) >= 11 is 1.34. The lowest BCUT2D eigenvalue weighted by Crippen LogP contribution is -2.32. The maximum absolute atomic E-state index is 12.3. The van der Waals surface area contributed by atoms with E-state index in [1.165, 1.54) is 30.3 Å². The van der Waals surface area contributed by atoms with Crippen molar-refractivity contribution in [2.75, 3.05) is 0 Å². The Bertz CT molecular complexity index is 915. The molecule has 4 rings (SSSR count). The van der Waals surface area contributed by atoms with Crippen molar-refractivity contribution in [1.82, 2.24) is 5.32 Å². The fraction of sp³-hybridized carbons (Fsp3) is 0.522. The molecule has 2 aliphatic carbocycles. The van der Waals surface area contributed by atoms with E-state index < -0.39 is 0 Å². The zero-order valence-electron chi connectivity index (χ0n) is 17.8. The number of nitrogens with one attached hydrogen (secondary N) is 1. The van der Waals surface area contributed by atoms with E-state index in [0.29, 0.717) is 16.0 Å². The monoisotopic (exact) mass is 411 g/mol. The normalized spacial score (nSPS) is 32.0. The van der Waals surface area contributed by atoms with Gasteiger partial charge in [-0.25, -0.2) is 0 Å². The van der Waals surface area contributed by atoms with E-state index in [0.717, 1.165) is 17.7 Å². The number of hydrogen-bond acceptors (Lipinski definition) is 5. The van der Waals surface area contributed by atoms with Crippen molar-refractivity contribution in [2.24, 2.45) is 27.0 Å². The van der Waals surface area contributed by atoms with E-state index >= 15 is 0 Å². The van der Waals surface area contributed by atoms with Gasteiger partial charge < -0.3 is 4.74 Å². The summed E-state index contributed by atoms with van der Waals surface area (Å²) in [7, 11) is 0. The largest absolute Gasteiger partial charge is 0.491 e. The van der Waals surface area contributed by atoms with Crippen molar-refractivity contribution in [3.05, 3.63) is 34.7 Å². The number of amidine groups is 1. The lowest BCUT2D eigenvalue weighted by atomic mass is 9.70. The summed E-state index contributed by atoms with van der Waals surface area (Å²) in [6.45, 7) is 11.0. The Labute approximate surface area is 177 Å². The summed E-state index contributed by atoms with van der Waals surface area (Å²) in [5, 5.41) is 12.4. The molecule has 3 aliphatic rings. The fourth-order valence-electron chi connectivity index (χ4n) is 4.73. The van der Waals surface area contributed by atoms with E-state index in [9.17, 15) is 4.79 Å². The van der Waals surface area contributed by atoms with E-state index in [1.54, 1.807) is 0 Å². The number of hydrogen-bond donors (Lipinski definition) is 1. The molecule has 29 heavy (non-hydrogen) atoms. The molecule has 3 fully saturated rings. The smallest absolute Gasteiger partial charge is 0.264 e. The van der Waals surface area contributed by atoms with Gasteiger partial charge in [-0.2, -0.15) is 5.10 Å². The maximum atomic E-state index is 12.3. The minimum Gasteiger partial charge on any atom is -0.491 e. The van der Waals surface area contributed by atoms with Crippen molar-refractivity contribution >= 4 is 34.6 Å². The van der Waals surface area contributed by atoms with Gasteiger partial charge in [0, 0.05) is 11.1 Å². The first kappa shape index (κ1) is 20.2. The topological polar surface area (TPSA) is 63.1 Å². The SMILES string of the molecule is CC(C)Oc1ccc(/C=C2\SC(=NN=C3C[C@H]4CC[C@@]3(C)C4(C)C)NC2=O)cc1. The molecule has 6 heteroatoms. The second-order valence-electron chi connectivity index (χ2n) is 9.25. The second kappa shape index (κ2) is 7.31. The maximum Gasteiger partial charge on any atom is 0.264 e. The van der Waals surface area contributed by atoms with Gasteiger partial charge in [0.1, 0.15) is 5.75 Å². The number of fused-ring (bicyclic) bond motifs is 2. The van der Waals surface area contributed by atoms with E-state index in [2.05, 4.69) is 36.3 Å². The molecule has 0 spiro atoms. The molecular weight excluding hydrogens is 382 g/mol. The van der Waals surface area contributed by atoms with Crippen LogP contribution in [0.5, 0.6) is 5.75 Å². The Morgan fingerprint density at radius 2 is 1.93 bits per heavy atom. The van der Waals surface area contributed by atoms with Gasteiger partial charge in [0.25, 0.3) is 5.91 Å². The molecule has 2 atom stereocenters. The number of amides is 1. The molecule has 0 aromatic heterocycles. The quantitative estimate of drug-likeness (QED) is 0.545. The standard InChI is InChI=1S/C23H29N3O2S/c1-14(2)28-17-8-6-15(7-9-17)12-18-20(27)24-21(29-18)26-25-19-13-16-10-11-23(19,5)22(16,3)4/h6-9,12,14,16H,10-11,13H2,1-5H3,(H,24,26,27)/b18-12-,25-19?/t16-,23-/m1/s1. The number of thioether (sulfide) groups is 1. The minimum atomic E-state index is -0.129. The Kier molecular flexibility index (Phi) is 5.09. The van der Waals surface area contributed by atoms with E-state index in [4.69, 9.17) is 4.74 Å². The summed E-state index contributed by atoms with van der Waals surface area (Å²) in [4.78, 5) is 13.0. The minimum absolute atomic E-state index is 0.119. The van der Waals surface area contributed by atoms with E-state index in [-0.39, 0.29) is 22.8 Å². The third-order valence-electron chi connectivity index (χ3n) is 6.97. The number of rotatable bonds is 4. The second-order valence-corrected chi connectivity index (χ2v) is 10.3. The van der Waals surface area contributed by atoms with Gasteiger partial charge in [0.05, 0.1) is 11.0 Å². The highest BCUT2D eigenvalue weighted by Gasteiger charge is 2.60. The summed E-state index contributed by atoms with van der Waals surface area (Å²) in [5.74, 6) is 1.39. The van der Waals surface area contributed by atoms with Gasteiger partial charge in [-0.1, -0.05) is 32.9 Å². The molecule has 1 N–H and O–H groups in total. The molecule has 2 saturated carbocycles. The molecule has 5 nitrogen and oxygen atoms in total. The van der Waals surface area contributed by atoms with Gasteiger partial charge in [-0.3, -0.25) is 10.1 Å². The van der Waals surface area contributed by atoms with Crippen LogP contribution in [0.1, 0.15) is 59.4 Å². The number of benzene rings is 1. The molecule has 1 amide bonds. The Morgan fingerprint density at radius 1 is 1.21 bits per heavy atom. The number of carbonyl (C=O) groups is 1. The van der Waals surface area contributed by atoms with Crippen LogP contribution in [0.25, 0.3) is 6.08 Å². The summed E-state index contributed by atoms with van der Waals surface area (Å²) in [6.07, 6.45) is 5.48. The zero-order chi connectivity index (χ0) is 20.8. The zero-order valence-corrected chi connectivity index (χ0v) is 18.6. The fourth-order valence-corrected chi connectivity index (χ4v) is 5.50. The average molecular weight is 412 g/mol. The number of ether oxygens (including phenoxy) is 1. The van der Waals surface area contributed by atoms with Crippen LogP contribution < -0.4 is 10.1 Å². The lowest BCUT2D eigenvalue weighted by molar-refractivity contribution is -0.115. The van der Waals surface area contributed by atoms with E-state index in [1.807, 2.05) is 44.2 Å². The molecule has 0 unspecified atom stereocenters. The van der Waals surface area contributed by atoms with Crippen LogP contribution in [-0.4, -0.2) is 22.9 Å². The predicted octanol–water partition coefficient (Wildman–Crippen LogP) is 5.24. The number of nitrogens with zero attached hydrogens (tertiary/aromatic N) is 2. The molecule has 1 heterocycles. The molecule has 2 bridgehead atoms. The van der Waals surface area contributed by atoms with Crippen molar-refractivity contribution in [1.29, 1.82) is 0 Å². The van der Waals surface area contributed by atoms with Crippen LogP contribution in [0.3, 0.4) is 0 Å².